The van der Waals surface area contributed by atoms with Crippen LogP contribution in [0.2, 0.25) is 0 Å². The van der Waals surface area contributed by atoms with Gasteiger partial charge in [0.2, 0.25) is 0 Å². The van der Waals surface area contributed by atoms with Crippen molar-refractivity contribution in [3.05, 3.63) is 24.3 Å². The smallest absolute Gasteiger partial charge is 0.331 e. The third kappa shape index (κ3) is 4.90. The number of rotatable bonds is 4. The quantitative estimate of drug-likeness (QED) is 0.586. The lowest BCUT2D eigenvalue weighted by molar-refractivity contribution is -0.133. The van der Waals surface area contributed by atoms with Crippen LogP contribution in [-0.2, 0) is 9.59 Å². The Balaban J connectivity index is 3.80. The van der Waals surface area contributed by atoms with E-state index >= 15 is 0 Å². The summed E-state index contributed by atoms with van der Waals surface area (Å²) in [6.45, 7) is 3.21. The summed E-state index contributed by atoms with van der Waals surface area (Å²) in [5.41, 5.74) is -0.0255. The van der Waals surface area contributed by atoms with Crippen molar-refractivity contribution in [1.29, 1.82) is 0 Å². The molecule has 0 aromatic rings. The molecule has 0 saturated heterocycles. The van der Waals surface area contributed by atoms with Crippen molar-refractivity contribution >= 4 is 11.9 Å². The molecule has 0 rings (SSSR count). The predicted octanol–water partition coefficient (Wildman–Crippen LogP) is 0.658. The highest BCUT2D eigenvalue weighted by Gasteiger charge is 1.99. The van der Waals surface area contributed by atoms with Gasteiger partial charge in [0.1, 0.15) is 0 Å². The highest BCUT2D eigenvalue weighted by molar-refractivity contribution is 5.86. The first-order chi connectivity index (χ1) is 5.04. The maximum Gasteiger partial charge on any atom is 0.331 e. The first kappa shape index (κ1) is 9.42. The van der Waals surface area contributed by atoms with Gasteiger partial charge in [-0.05, 0) is 6.42 Å². The number of allylic oxidation sites excluding steroid dienone is 1. The molecule has 11 heavy (non-hydrogen) atoms. The summed E-state index contributed by atoms with van der Waals surface area (Å²) < 4.78 is 0. The van der Waals surface area contributed by atoms with Crippen LogP contribution in [0.5, 0.6) is 0 Å². The van der Waals surface area contributed by atoms with Gasteiger partial charge in [0.15, 0.2) is 0 Å². The molecule has 0 aliphatic heterocycles. The second kappa shape index (κ2) is 4.27. The standard InChI is InChI=1S/C7H8O4/c1-5(7(10)11)3-2-4-6(8)9/h2,4H,1,3H2,(H,8,9)(H,10,11). The number of aliphatic carboxylic acids is 2. The lowest BCUT2D eigenvalue weighted by Gasteiger charge is -1.90. The molecule has 0 amide bonds. The zero-order valence-electron chi connectivity index (χ0n) is 5.78. The van der Waals surface area contributed by atoms with Crippen LogP contribution in [0.25, 0.3) is 0 Å². The van der Waals surface area contributed by atoms with Gasteiger partial charge >= 0.3 is 11.9 Å². The van der Waals surface area contributed by atoms with Crippen LogP contribution in [0.3, 0.4) is 0 Å². The normalized spacial score (nSPS) is 9.82. The molecule has 2 N–H and O–H groups in total. The number of carboxylic acid groups (broad SMARTS) is 2. The van der Waals surface area contributed by atoms with Crippen LogP contribution in [0.4, 0.5) is 0 Å². The Kier molecular flexibility index (Phi) is 3.66. The Morgan fingerprint density at radius 2 is 1.91 bits per heavy atom. The molecule has 4 nitrogen and oxygen atoms in total. The second-order valence-electron chi connectivity index (χ2n) is 1.85. The summed E-state index contributed by atoms with van der Waals surface area (Å²) in [6.07, 6.45) is 2.18. The first-order valence-corrected chi connectivity index (χ1v) is 2.84. The van der Waals surface area contributed by atoms with Gasteiger partial charge in [0.05, 0.1) is 0 Å². The fourth-order valence-electron chi connectivity index (χ4n) is 0.389. The maximum absolute atomic E-state index is 10.1. The SMILES string of the molecule is C=C(CC=CC(=O)O)C(=O)O. The average molecular weight is 156 g/mol. The van der Waals surface area contributed by atoms with E-state index in [-0.39, 0.29) is 12.0 Å². The fraction of sp³-hybridized carbons (Fsp3) is 0.143. The van der Waals surface area contributed by atoms with E-state index in [0.717, 1.165) is 6.08 Å². The van der Waals surface area contributed by atoms with E-state index in [2.05, 4.69) is 6.58 Å². The highest BCUT2D eigenvalue weighted by Crippen LogP contribution is 1.97. The molecule has 4 heteroatoms. The molecule has 0 saturated carbocycles. The molecule has 0 fully saturated rings. The molecule has 0 aliphatic rings. The predicted molar refractivity (Wildman–Crippen MR) is 38.2 cm³/mol. The van der Waals surface area contributed by atoms with Crippen LogP contribution in [0, 0.1) is 0 Å². The second-order valence-corrected chi connectivity index (χ2v) is 1.85. The Morgan fingerprint density at radius 3 is 2.27 bits per heavy atom. The molecule has 0 bridgehead atoms. The number of carboxylic acids is 2. The minimum Gasteiger partial charge on any atom is -0.478 e. The third-order valence-electron chi connectivity index (χ3n) is 0.927. The van der Waals surface area contributed by atoms with Crippen molar-refractivity contribution in [2.75, 3.05) is 0 Å². The van der Waals surface area contributed by atoms with E-state index in [1.165, 1.54) is 6.08 Å². The highest BCUT2D eigenvalue weighted by atomic mass is 16.4. The van der Waals surface area contributed by atoms with E-state index in [9.17, 15) is 9.59 Å². The zero-order valence-corrected chi connectivity index (χ0v) is 5.78. The van der Waals surface area contributed by atoms with Gasteiger partial charge in [-0.3, -0.25) is 0 Å². The van der Waals surface area contributed by atoms with Crippen molar-refractivity contribution in [2.45, 2.75) is 6.42 Å². The summed E-state index contributed by atoms with van der Waals surface area (Å²) in [4.78, 5) is 20.0. The zero-order chi connectivity index (χ0) is 8.85. The Labute approximate surface area is 63.5 Å². The summed E-state index contributed by atoms with van der Waals surface area (Å²) in [5, 5.41) is 16.4. The summed E-state index contributed by atoms with van der Waals surface area (Å²) in [5.74, 6) is -2.21. The van der Waals surface area contributed by atoms with Crippen molar-refractivity contribution < 1.29 is 19.8 Å². The van der Waals surface area contributed by atoms with Crippen LogP contribution in [0.1, 0.15) is 6.42 Å². The minimum atomic E-state index is -1.11. The maximum atomic E-state index is 10.1. The lowest BCUT2D eigenvalue weighted by atomic mass is 10.2. The Bertz CT molecular complexity index is 214. The Morgan fingerprint density at radius 1 is 1.36 bits per heavy atom. The van der Waals surface area contributed by atoms with Crippen molar-refractivity contribution in [2.24, 2.45) is 0 Å². The van der Waals surface area contributed by atoms with Gasteiger partial charge in [-0.1, -0.05) is 12.7 Å². The van der Waals surface area contributed by atoms with Crippen molar-refractivity contribution in [3.8, 4) is 0 Å². The monoisotopic (exact) mass is 156 g/mol. The fourth-order valence-corrected chi connectivity index (χ4v) is 0.389. The third-order valence-corrected chi connectivity index (χ3v) is 0.927. The minimum absolute atomic E-state index is 0.0255. The van der Waals surface area contributed by atoms with E-state index in [1.54, 1.807) is 0 Å². The molecule has 60 valence electrons. The van der Waals surface area contributed by atoms with Gasteiger partial charge in [-0.15, -0.1) is 0 Å². The molecule has 0 aliphatic carbocycles. The molecule has 0 aromatic heterocycles. The van der Waals surface area contributed by atoms with Crippen molar-refractivity contribution in [1.82, 2.24) is 0 Å². The van der Waals surface area contributed by atoms with Gasteiger partial charge in [0, 0.05) is 11.6 Å². The van der Waals surface area contributed by atoms with Gasteiger partial charge in [0.25, 0.3) is 0 Å². The van der Waals surface area contributed by atoms with Gasteiger partial charge in [-0.2, -0.15) is 0 Å². The van der Waals surface area contributed by atoms with E-state index < -0.39 is 11.9 Å². The van der Waals surface area contributed by atoms with E-state index in [0.29, 0.717) is 0 Å². The Hall–Kier alpha value is -1.58. The van der Waals surface area contributed by atoms with Crippen LogP contribution < -0.4 is 0 Å². The van der Waals surface area contributed by atoms with Crippen LogP contribution in [-0.4, -0.2) is 22.2 Å². The number of hydrogen-bond acceptors (Lipinski definition) is 2. The summed E-state index contributed by atoms with van der Waals surface area (Å²) in [7, 11) is 0. The summed E-state index contributed by atoms with van der Waals surface area (Å²) >= 11 is 0. The van der Waals surface area contributed by atoms with E-state index in [4.69, 9.17) is 10.2 Å². The topological polar surface area (TPSA) is 74.6 Å². The molecule has 0 heterocycles. The number of hydrogen-bond donors (Lipinski definition) is 2. The van der Waals surface area contributed by atoms with Gasteiger partial charge in [-0.25, -0.2) is 9.59 Å². The summed E-state index contributed by atoms with van der Waals surface area (Å²) in [6, 6.07) is 0. The molecular weight excluding hydrogens is 148 g/mol. The largest absolute Gasteiger partial charge is 0.478 e. The molecular formula is C7H8O4. The molecule has 0 radical (unpaired) electrons. The molecule has 0 atom stereocenters. The molecule has 0 spiro atoms. The average Bonchev–Trinajstić information content (AvgIpc) is 1.86. The van der Waals surface area contributed by atoms with Crippen molar-refractivity contribution in [3.63, 3.8) is 0 Å². The molecule has 0 unspecified atom stereocenters. The first-order valence-electron chi connectivity index (χ1n) is 2.84. The van der Waals surface area contributed by atoms with Crippen LogP contribution >= 0.6 is 0 Å². The van der Waals surface area contributed by atoms with Gasteiger partial charge < -0.3 is 10.2 Å². The number of carbonyl (C=O) groups is 2. The lowest BCUT2D eigenvalue weighted by Crippen LogP contribution is -1.97. The van der Waals surface area contributed by atoms with Crippen LogP contribution in [0.15, 0.2) is 24.3 Å². The molecule has 0 aromatic carbocycles. The van der Waals surface area contributed by atoms with E-state index in [1.807, 2.05) is 0 Å².